The topological polar surface area (TPSA) is 38.3 Å². The van der Waals surface area contributed by atoms with Crippen molar-refractivity contribution < 1.29 is 13.9 Å². The summed E-state index contributed by atoms with van der Waals surface area (Å²) >= 11 is 1.35. The Kier molecular flexibility index (Phi) is 7.10. The Bertz CT molecular complexity index is 648. The number of thioether (sulfide) groups is 1. The number of carbonyl (C=O) groups is 1. The van der Waals surface area contributed by atoms with E-state index in [0.717, 1.165) is 11.1 Å². The van der Waals surface area contributed by atoms with Crippen LogP contribution in [0.2, 0.25) is 0 Å². The van der Waals surface area contributed by atoms with Gasteiger partial charge in [-0.3, -0.25) is 4.79 Å². The Morgan fingerprint density at radius 3 is 2.57 bits per heavy atom. The number of amides is 1. The quantitative estimate of drug-likeness (QED) is 0.747. The highest BCUT2D eigenvalue weighted by Crippen LogP contribution is 2.21. The van der Waals surface area contributed by atoms with Crippen LogP contribution in [0.1, 0.15) is 17.5 Å². The maximum atomic E-state index is 13.5. The first kappa shape index (κ1) is 17.5. The minimum absolute atomic E-state index is 0.0407. The molecule has 0 aliphatic heterocycles. The Hall–Kier alpha value is -1.85. The van der Waals surface area contributed by atoms with Crippen LogP contribution in [0.5, 0.6) is 0 Å². The molecule has 0 bridgehead atoms. The van der Waals surface area contributed by atoms with Gasteiger partial charge >= 0.3 is 0 Å². The molecule has 0 heterocycles. The van der Waals surface area contributed by atoms with Crippen molar-refractivity contribution in [2.24, 2.45) is 0 Å². The van der Waals surface area contributed by atoms with Gasteiger partial charge in [0.15, 0.2) is 0 Å². The van der Waals surface area contributed by atoms with Crippen LogP contribution in [0.4, 0.5) is 4.39 Å². The molecule has 0 aromatic heterocycles. The molecular formula is C18H20FNO2S. The number of ether oxygens (including phenoxy) is 1. The summed E-state index contributed by atoms with van der Waals surface area (Å²) in [5.74, 6) is 0.263. The first-order chi connectivity index (χ1) is 11.2. The van der Waals surface area contributed by atoms with E-state index < -0.39 is 0 Å². The van der Waals surface area contributed by atoms with Gasteiger partial charge in [-0.2, -0.15) is 0 Å². The third-order valence-electron chi connectivity index (χ3n) is 3.32. The van der Waals surface area contributed by atoms with Crippen LogP contribution in [0.15, 0.2) is 53.4 Å². The van der Waals surface area contributed by atoms with Crippen LogP contribution in [-0.2, 0) is 22.7 Å². The van der Waals surface area contributed by atoms with Crippen LogP contribution in [0, 0.1) is 5.82 Å². The molecule has 0 fully saturated rings. The van der Waals surface area contributed by atoms with Crippen molar-refractivity contribution in [3.8, 4) is 0 Å². The molecule has 1 amide bonds. The van der Waals surface area contributed by atoms with Crippen LogP contribution in [0.3, 0.4) is 0 Å². The molecule has 3 nitrogen and oxygen atoms in total. The largest absolute Gasteiger partial charge is 0.380 e. The van der Waals surface area contributed by atoms with Crippen molar-refractivity contribution in [3.63, 3.8) is 0 Å². The number of nitrogens with one attached hydrogen (secondary N) is 1. The van der Waals surface area contributed by atoms with Crippen molar-refractivity contribution in [3.05, 3.63) is 65.5 Å². The van der Waals surface area contributed by atoms with Crippen LogP contribution >= 0.6 is 11.8 Å². The predicted molar refractivity (Wildman–Crippen MR) is 90.7 cm³/mol. The SMILES string of the molecule is COCc1ccccc1CNC(=O)CCSc1ccccc1F. The van der Waals surface area contributed by atoms with Crippen molar-refractivity contribution in [2.45, 2.75) is 24.5 Å². The van der Waals surface area contributed by atoms with Gasteiger partial charge in [0.1, 0.15) is 5.82 Å². The first-order valence-electron chi connectivity index (χ1n) is 7.40. The molecule has 0 atom stereocenters. The third kappa shape index (κ3) is 5.69. The highest BCUT2D eigenvalue weighted by molar-refractivity contribution is 7.99. The second-order valence-electron chi connectivity index (χ2n) is 5.01. The second-order valence-corrected chi connectivity index (χ2v) is 6.14. The Morgan fingerprint density at radius 1 is 1.13 bits per heavy atom. The molecule has 5 heteroatoms. The fraction of sp³-hybridized carbons (Fsp3) is 0.278. The Morgan fingerprint density at radius 2 is 1.83 bits per heavy atom. The number of hydrogen-bond acceptors (Lipinski definition) is 3. The zero-order chi connectivity index (χ0) is 16.5. The summed E-state index contributed by atoms with van der Waals surface area (Å²) in [5, 5.41) is 2.90. The van der Waals surface area contributed by atoms with E-state index in [1.807, 2.05) is 24.3 Å². The van der Waals surface area contributed by atoms with Crippen LogP contribution in [-0.4, -0.2) is 18.8 Å². The van der Waals surface area contributed by atoms with Gasteiger partial charge in [-0.05, 0) is 23.3 Å². The number of hydrogen-bond donors (Lipinski definition) is 1. The fourth-order valence-corrected chi connectivity index (χ4v) is 3.01. The van der Waals surface area contributed by atoms with Gasteiger partial charge in [-0.1, -0.05) is 36.4 Å². The molecule has 1 N–H and O–H groups in total. The molecule has 2 aromatic carbocycles. The molecule has 122 valence electrons. The normalized spacial score (nSPS) is 10.5. The van der Waals surface area contributed by atoms with Crippen LogP contribution in [0.25, 0.3) is 0 Å². The molecule has 0 saturated heterocycles. The number of rotatable bonds is 8. The molecule has 0 aliphatic rings. The first-order valence-corrected chi connectivity index (χ1v) is 8.39. The van der Waals surface area contributed by atoms with Crippen molar-refractivity contribution in [2.75, 3.05) is 12.9 Å². The number of benzene rings is 2. The van der Waals surface area contributed by atoms with Gasteiger partial charge in [0.05, 0.1) is 6.61 Å². The van der Waals surface area contributed by atoms with Crippen molar-refractivity contribution in [1.29, 1.82) is 0 Å². The van der Waals surface area contributed by atoms with E-state index in [1.165, 1.54) is 17.8 Å². The van der Waals surface area contributed by atoms with E-state index in [9.17, 15) is 9.18 Å². The van der Waals surface area contributed by atoms with Gasteiger partial charge in [-0.25, -0.2) is 4.39 Å². The Balaban J connectivity index is 1.76. The van der Waals surface area contributed by atoms with E-state index >= 15 is 0 Å². The van der Waals surface area contributed by atoms with E-state index in [1.54, 1.807) is 25.3 Å². The van der Waals surface area contributed by atoms with Gasteiger partial charge in [0.25, 0.3) is 0 Å². The lowest BCUT2D eigenvalue weighted by molar-refractivity contribution is -0.120. The molecular weight excluding hydrogens is 313 g/mol. The summed E-state index contributed by atoms with van der Waals surface area (Å²) in [7, 11) is 1.65. The molecule has 23 heavy (non-hydrogen) atoms. The lowest BCUT2D eigenvalue weighted by atomic mass is 10.1. The number of carbonyl (C=O) groups excluding carboxylic acids is 1. The van der Waals surface area contributed by atoms with Gasteiger partial charge in [0.2, 0.25) is 5.91 Å². The average molecular weight is 333 g/mol. The lowest BCUT2D eigenvalue weighted by Gasteiger charge is -2.10. The molecule has 0 unspecified atom stereocenters. The monoisotopic (exact) mass is 333 g/mol. The molecule has 0 radical (unpaired) electrons. The highest BCUT2D eigenvalue weighted by atomic mass is 32.2. The van der Waals surface area contributed by atoms with Crippen molar-refractivity contribution >= 4 is 17.7 Å². The summed E-state index contributed by atoms with van der Waals surface area (Å²) in [4.78, 5) is 12.5. The molecule has 2 rings (SSSR count). The molecule has 0 aliphatic carbocycles. The summed E-state index contributed by atoms with van der Waals surface area (Å²) < 4.78 is 18.6. The second kappa shape index (κ2) is 9.33. The van der Waals surface area contributed by atoms with Crippen LogP contribution < -0.4 is 5.32 Å². The summed E-state index contributed by atoms with van der Waals surface area (Å²) in [6.07, 6.45) is 0.353. The highest BCUT2D eigenvalue weighted by Gasteiger charge is 2.06. The van der Waals surface area contributed by atoms with Gasteiger partial charge in [-0.15, -0.1) is 11.8 Å². The average Bonchev–Trinajstić information content (AvgIpc) is 2.56. The maximum absolute atomic E-state index is 13.5. The van der Waals surface area contributed by atoms with E-state index in [0.29, 0.717) is 30.2 Å². The number of halogens is 1. The smallest absolute Gasteiger partial charge is 0.221 e. The summed E-state index contributed by atoms with van der Waals surface area (Å²) in [6.45, 7) is 0.998. The lowest BCUT2D eigenvalue weighted by Crippen LogP contribution is -2.23. The zero-order valence-electron chi connectivity index (χ0n) is 13.0. The van der Waals surface area contributed by atoms with Gasteiger partial charge < -0.3 is 10.1 Å². The Labute approximate surface area is 140 Å². The molecule has 2 aromatic rings. The van der Waals surface area contributed by atoms with Crippen molar-refractivity contribution in [1.82, 2.24) is 5.32 Å². The fourth-order valence-electron chi connectivity index (χ4n) is 2.12. The zero-order valence-corrected chi connectivity index (χ0v) is 13.9. The predicted octanol–water partition coefficient (Wildman–Crippen LogP) is 3.77. The molecule has 0 spiro atoms. The number of methoxy groups -OCH3 is 1. The summed E-state index contributed by atoms with van der Waals surface area (Å²) in [5.41, 5.74) is 2.11. The molecule has 0 saturated carbocycles. The van der Waals surface area contributed by atoms with E-state index in [4.69, 9.17) is 4.74 Å². The van der Waals surface area contributed by atoms with E-state index in [-0.39, 0.29) is 11.7 Å². The summed E-state index contributed by atoms with van der Waals surface area (Å²) in [6, 6.07) is 14.4. The third-order valence-corrected chi connectivity index (χ3v) is 4.37. The standard InChI is InChI=1S/C18H20FNO2S/c1-22-13-15-7-3-2-6-14(15)12-20-18(21)10-11-23-17-9-5-4-8-16(17)19/h2-9H,10-13H2,1H3,(H,20,21). The minimum Gasteiger partial charge on any atom is -0.380 e. The van der Waals surface area contributed by atoms with Gasteiger partial charge in [0, 0.05) is 30.7 Å². The minimum atomic E-state index is -0.244. The maximum Gasteiger partial charge on any atom is 0.221 e. The van der Waals surface area contributed by atoms with E-state index in [2.05, 4.69) is 5.32 Å².